The number of anilines is 3. The molecule has 0 bridgehead atoms. The highest BCUT2D eigenvalue weighted by atomic mass is 16.6. The van der Waals surface area contributed by atoms with Crippen molar-refractivity contribution in [1.82, 2.24) is 29.7 Å². The van der Waals surface area contributed by atoms with Gasteiger partial charge in [-0.25, -0.2) is 14.8 Å². The smallest absolute Gasteiger partial charge is 0.410 e. The minimum absolute atomic E-state index is 0.122. The van der Waals surface area contributed by atoms with Crippen molar-refractivity contribution in [2.24, 2.45) is 0 Å². The lowest BCUT2D eigenvalue weighted by Gasteiger charge is -2.48. The molecule has 3 amide bonds. The Morgan fingerprint density at radius 2 is 1.72 bits per heavy atom. The van der Waals surface area contributed by atoms with Gasteiger partial charge in [0.15, 0.2) is 5.82 Å². The van der Waals surface area contributed by atoms with E-state index in [0.717, 1.165) is 77.1 Å². The van der Waals surface area contributed by atoms with E-state index >= 15 is 0 Å². The first-order valence-corrected chi connectivity index (χ1v) is 21.0. The number of amides is 3. The van der Waals surface area contributed by atoms with Crippen molar-refractivity contribution in [1.29, 1.82) is 0 Å². The first kappa shape index (κ1) is 38.9. The van der Waals surface area contributed by atoms with Crippen LogP contribution < -0.4 is 15.5 Å². The Labute approximate surface area is 336 Å². The summed E-state index contributed by atoms with van der Waals surface area (Å²) in [6, 6.07) is 15.0. The summed E-state index contributed by atoms with van der Waals surface area (Å²) in [5.41, 5.74) is 6.30. The quantitative estimate of drug-likeness (QED) is 0.184. The van der Waals surface area contributed by atoms with E-state index in [2.05, 4.69) is 57.0 Å². The van der Waals surface area contributed by atoms with Crippen LogP contribution in [-0.4, -0.2) is 93.2 Å². The van der Waals surface area contributed by atoms with Crippen LogP contribution in [0.4, 0.5) is 22.0 Å². The number of ether oxygens (including phenoxy) is 1. The third kappa shape index (κ3) is 7.15. The maximum Gasteiger partial charge on any atom is 0.410 e. The number of hydrogen-bond acceptors (Lipinski definition) is 8. The topological polar surface area (TPSA) is 125 Å². The molecule has 1 spiro atoms. The van der Waals surface area contributed by atoms with Gasteiger partial charge in [0.25, 0.3) is 5.91 Å². The molecule has 2 N–H and O–H groups in total. The summed E-state index contributed by atoms with van der Waals surface area (Å²) in [6.07, 6.45) is 9.31. The standard InChI is InChI=1S/C45H58N8O4/c1-8-29(3)52-27-47-37-26-36(49-40(39(37)52)48-31-14-12-28(2)34(23-31)41(54)46-7)30-13-15-35-38(22-30)53(33-24-32(25-33)50-18-10-9-11-19-50)42(55)45(35)16-20-51(21-17-45)43(56)57-44(4,5)6/h12-15,22-23,26-27,29,32-33H,8-11,16-21,24-25H2,1-7H3,(H,46,54)(H,48,49)/t29-,32?,33?/m0/s1. The van der Waals surface area contributed by atoms with Gasteiger partial charge in [0.1, 0.15) is 11.1 Å². The fourth-order valence-electron chi connectivity index (χ4n) is 9.39. The van der Waals surface area contributed by atoms with Crippen molar-refractivity contribution < 1.29 is 19.1 Å². The van der Waals surface area contributed by atoms with E-state index in [9.17, 15) is 14.4 Å². The molecule has 3 aliphatic heterocycles. The van der Waals surface area contributed by atoms with E-state index in [4.69, 9.17) is 14.7 Å². The lowest BCUT2D eigenvalue weighted by molar-refractivity contribution is -0.126. The zero-order chi connectivity index (χ0) is 40.2. The molecule has 4 aliphatic rings. The molecular weight excluding hydrogens is 717 g/mol. The molecule has 1 atom stereocenters. The van der Waals surface area contributed by atoms with Crippen molar-refractivity contribution in [3.05, 3.63) is 65.5 Å². The average molecular weight is 775 g/mol. The number of hydrogen-bond donors (Lipinski definition) is 2. The Morgan fingerprint density at radius 3 is 2.40 bits per heavy atom. The third-order valence-electron chi connectivity index (χ3n) is 12.9. The van der Waals surface area contributed by atoms with Gasteiger partial charge in [0, 0.05) is 60.8 Å². The van der Waals surface area contributed by atoms with Crippen LogP contribution >= 0.6 is 0 Å². The number of aryl methyl sites for hydroxylation is 1. The Bertz CT molecular complexity index is 2190. The maximum atomic E-state index is 15.0. The van der Waals surface area contributed by atoms with Gasteiger partial charge < -0.3 is 34.6 Å². The molecule has 302 valence electrons. The van der Waals surface area contributed by atoms with Crippen LogP contribution in [0.1, 0.15) is 114 Å². The lowest BCUT2D eigenvalue weighted by Crippen LogP contribution is -2.58. The molecule has 8 rings (SSSR count). The molecular formula is C45H58N8O4. The Morgan fingerprint density at radius 1 is 0.982 bits per heavy atom. The number of carbonyl (C=O) groups is 3. The monoisotopic (exact) mass is 774 g/mol. The molecule has 1 saturated carbocycles. The molecule has 4 aromatic rings. The summed E-state index contributed by atoms with van der Waals surface area (Å²) in [4.78, 5) is 57.4. The number of imidazole rings is 1. The summed E-state index contributed by atoms with van der Waals surface area (Å²) in [5, 5.41) is 6.31. The Kier molecular flexibility index (Phi) is 10.3. The molecule has 0 unspecified atom stereocenters. The summed E-state index contributed by atoms with van der Waals surface area (Å²) in [5.74, 6) is 0.659. The second kappa shape index (κ2) is 15.1. The Hall–Kier alpha value is -4.97. The van der Waals surface area contributed by atoms with Gasteiger partial charge in [-0.2, -0.15) is 0 Å². The van der Waals surface area contributed by atoms with E-state index in [1.807, 2.05) is 58.3 Å². The minimum atomic E-state index is -0.699. The van der Waals surface area contributed by atoms with E-state index in [1.54, 1.807) is 11.9 Å². The largest absolute Gasteiger partial charge is 0.444 e. The first-order chi connectivity index (χ1) is 27.3. The highest BCUT2D eigenvalue weighted by Crippen LogP contribution is 2.52. The number of nitrogens with one attached hydrogen (secondary N) is 2. The van der Waals surface area contributed by atoms with Crippen LogP contribution in [-0.2, 0) is 14.9 Å². The number of aromatic nitrogens is 3. The fourth-order valence-corrected chi connectivity index (χ4v) is 9.39. The number of benzene rings is 2. The van der Waals surface area contributed by atoms with Crippen LogP contribution in [0, 0.1) is 6.92 Å². The number of nitrogens with zero attached hydrogens (tertiary/aromatic N) is 6. The summed E-state index contributed by atoms with van der Waals surface area (Å²) in [7, 11) is 1.64. The molecule has 5 heterocycles. The van der Waals surface area contributed by atoms with Gasteiger partial charge in [0.05, 0.1) is 23.0 Å². The van der Waals surface area contributed by atoms with Gasteiger partial charge in [-0.1, -0.05) is 31.5 Å². The predicted octanol–water partition coefficient (Wildman–Crippen LogP) is 8.11. The van der Waals surface area contributed by atoms with Crippen LogP contribution in [0.25, 0.3) is 22.3 Å². The average Bonchev–Trinajstić information content (AvgIpc) is 3.71. The zero-order valence-electron chi connectivity index (χ0n) is 34.7. The van der Waals surface area contributed by atoms with E-state index < -0.39 is 11.0 Å². The van der Waals surface area contributed by atoms with Crippen molar-refractivity contribution in [3.63, 3.8) is 0 Å². The maximum absolute atomic E-state index is 15.0. The normalized spacial score (nSPS) is 21.4. The van der Waals surface area contributed by atoms with E-state index in [0.29, 0.717) is 43.4 Å². The molecule has 3 fully saturated rings. The van der Waals surface area contributed by atoms with Crippen LogP contribution in [0.3, 0.4) is 0 Å². The molecule has 57 heavy (non-hydrogen) atoms. The van der Waals surface area contributed by atoms with Crippen LogP contribution in [0.5, 0.6) is 0 Å². The van der Waals surface area contributed by atoms with Crippen molar-refractivity contribution in [2.45, 2.75) is 122 Å². The van der Waals surface area contributed by atoms with Gasteiger partial charge in [-0.15, -0.1) is 0 Å². The Balaban J connectivity index is 1.17. The molecule has 12 nitrogen and oxygen atoms in total. The van der Waals surface area contributed by atoms with Gasteiger partial charge in [-0.05, 0) is 128 Å². The highest BCUT2D eigenvalue weighted by molar-refractivity contribution is 6.09. The van der Waals surface area contributed by atoms with Crippen molar-refractivity contribution in [2.75, 3.05) is 43.4 Å². The number of carbonyl (C=O) groups excluding carboxylic acids is 3. The minimum Gasteiger partial charge on any atom is -0.444 e. The first-order valence-electron chi connectivity index (χ1n) is 21.0. The molecule has 1 aliphatic carbocycles. The molecule has 2 aromatic carbocycles. The van der Waals surface area contributed by atoms with E-state index in [-0.39, 0.29) is 30.0 Å². The molecule has 2 saturated heterocycles. The number of rotatable bonds is 8. The summed E-state index contributed by atoms with van der Waals surface area (Å²) in [6.45, 7) is 15.1. The number of pyridine rings is 1. The summed E-state index contributed by atoms with van der Waals surface area (Å²) < 4.78 is 7.88. The predicted molar refractivity (Wildman–Crippen MR) is 224 cm³/mol. The van der Waals surface area contributed by atoms with Gasteiger partial charge in [-0.3, -0.25) is 9.59 Å². The second-order valence-electron chi connectivity index (χ2n) is 17.7. The lowest BCUT2D eigenvalue weighted by atomic mass is 9.73. The number of likely N-dealkylation sites (tertiary alicyclic amines) is 2. The fraction of sp³-hybridized carbons (Fsp3) is 0.533. The number of fused-ring (bicyclic) bond motifs is 3. The molecule has 12 heteroatoms. The summed E-state index contributed by atoms with van der Waals surface area (Å²) >= 11 is 0. The SMILES string of the molecule is CC[C@H](C)n1cnc2cc(-c3ccc4c(c3)N(C3CC(N5CCCCC5)C3)C(=O)C43CCN(C(=O)OC(C)(C)C)CC3)nc(Nc3ccc(C)c(C(=O)NC)c3)c21. The van der Waals surface area contributed by atoms with Crippen molar-refractivity contribution in [3.8, 4) is 11.3 Å². The van der Waals surface area contributed by atoms with Crippen molar-refractivity contribution >= 4 is 46.1 Å². The van der Waals surface area contributed by atoms with Crippen LogP contribution in [0.2, 0.25) is 0 Å². The molecule has 2 aromatic heterocycles. The zero-order valence-corrected chi connectivity index (χ0v) is 34.7. The second-order valence-corrected chi connectivity index (χ2v) is 17.7. The highest BCUT2D eigenvalue weighted by Gasteiger charge is 2.56. The van der Waals surface area contributed by atoms with Gasteiger partial charge >= 0.3 is 6.09 Å². The van der Waals surface area contributed by atoms with Gasteiger partial charge in [0.2, 0.25) is 5.91 Å². The third-order valence-corrected chi connectivity index (χ3v) is 12.9. The number of piperidine rings is 2. The molecule has 0 radical (unpaired) electrons. The van der Waals surface area contributed by atoms with Crippen LogP contribution in [0.15, 0.2) is 48.8 Å². The van der Waals surface area contributed by atoms with E-state index in [1.165, 1.54) is 19.3 Å².